The van der Waals surface area contributed by atoms with Crippen LogP contribution in [0.3, 0.4) is 0 Å². The minimum Gasteiger partial charge on any atom is -0.293 e. The van der Waals surface area contributed by atoms with E-state index in [0.717, 1.165) is 5.57 Å². The van der Waals surface area contributed by atoms with Gasteiger partial charge in [0.1, 0.15) is 5.60 Å². The van der Waals surface area contributed by atoms with E-state index >= 15 is 0 Å². The van der Waals surface area contributed by atoms with Gasteiger partial charge in [-0.15, -0.1) is 0 Å². The van der Waals surface area contributed by atoms with E-state index in [9.17, 15) is 4.79 Å². The molecular weight excluding hydrogens is 156 g/mol. The molecule has 0 heterocycles. The predicted octanol–water partition coefficient (Wildman–Crippen LogP) is 2.23. The van der Waals surface area contributed by atoms with E-state index in [0.29, 0.717) is 0 Å². The Hall–Kier alpha value is -0.830. The summed E-state index contributed by atoms with van der Waals surface area (Å²) in [5.74, 6) is -0.468. The van der Waals surface area contributed by atoms with Crippen LogP contribution in [0.1, 0.15) is 34.6 Å². The van der Waals surface area contributed by atoms with Gasteiger partial charge in [-0.3, -0.25) is 4.89 Å². The van der Waals surface area contributed by atoms with Crippen LogP contribution in [0.15, 0.2) is 11.6 Å². The fourth-order valence-corrected chi connectivity index (χ4v) is 0.426. The van der Waals surface area contributed by atoms with Crippen LogP contribution in [-0.2, 0) is 14.6 Å². The van der Waals surface area contributed by atoms with Gasteiger partial charge in [-0.1, -0.05) is 5.57 Å². The van der Waals surface area contributed by atoms with E-state index in [4.69, 9.17) is 4.89 Å². The molecule has 0 bridgehead atoms. The summed E-state index contributed by atoms with van der Waals surface area (Å²) in [5.41, 5.74) is 0.433. The molecule has 0 amide bonds. The third-order valence-electron chi connectivity index (χ3n) is 0.780. The normalized spacial score (nSPS) is 10.8. The summed E-state index contributed by atoms with van der Waals surface area (Å²) < 4.78 is 0. The van der Waals surface area contributed by atoms with Gasteiger partial charge in [0.05, 0.1) is 0 Å². The summed E-state index contributed by atoms with van der Waals surface area (Å²) >= 11 is 0. The molecule has 0 saturated carbocycles. The number of carbonyl (C=O) groups excluding carboxylic acids is 1. The molecule has 0 aliphatic carbocycles. The second kappa shape index (κ2) is 4.26. The Morgan fingerprint density at radius 1 is 1.25 bits per heavy atom. The Labute approximate surface area is 73.3 Å². The first-order valence-electron chi connectivity index (χ1n) is 3.86. The van der Waals surface area contributed by atoms with Gasteiger partial charge >= 0.3 is 5.97 Å². The minimum atomic E-state index is -0.468. The lowest BCUT2D eigenvalue weighted by molar-refractivity contribution is -0.316. The van der Waals surface area contributed by atoms with E-state index in [-0.39, 0.29) is 0 Å². The molecule has 70 valence electrons. The zero-order valence-electron chi connectivity index (χ0n) is 8.30. The highest BCUT2D eigenvalue weighted by molar-refractivity contribution is 5.82. The molecule has 0 atom stereocenters. The molecular formula is C9H16O3. The molecule has 3 heteroatoms. The molecule has 0 aromatic carbocycles. The summed E-state index contributed by atoms with van der Waals surface area (Å²) in [6, 6.07) is 0. The number of hydrogen-bond donors (Lipinski definition) is 0. The summed E-state index contributed by atoms with van der Waals surface area (Å²) in [7, 11) is 0. The van der Waals surface area contributed by atoms with E-state index in [1.165, 1.54) is 6.08 Å². The van der Waals surface area contributed by atoms with E-state index in [1.807, 2.05) is 34.6 Å². The van der Waals surface area contributed by atoms with Crippen molar-refractivity contribution in [2.45, 2.75) is 40.2 Å². The fraction of sp³-hybridized carbons (Fsp3) is 0.667. The van der Waals surface area contributed by atoms with Crippen LogP contribution in [0.5, 0.6) is 0 Å². The summed E-state index contributed by atoms with van der Waals surface area (Å²) in [6.45, 7) is 9.06. The van der Waals surface area contributed by atoms with Crippen molar-refractivity contribution in [2.24, 2.45) is 0 Å². The number of carbonyl (C=O) groups is 1. The van der Waals surface area contributed by atoms with Crippen molar-refractivity contribution in [1.82, 2.24) is 0 Å². The van der Waals surface area contributed by atoms with Gasteiger partial charge in [-0.05, 0) is 34.6 Å². The number of allylic oxidation sites excluding steroid dienone is 1. The Kier molecular flexibility index (Phi) is 3.96. The SMILES string of the molecule is CC(C)=CC(=O)OOC(C)(C)C. The second-order valence-corrected chi connectivity index (χ2v) is 3.82. The van der Waals surface area contributed by atoms with Gasteiger partial charge < -0.3 is 0 Å². The number of hydrogen-bond acceptors (Lipinski definition) is 3. The van der Waals surface area contributed by atoms with E-state index in [1.54, 1.807) is 0 Å². The van der Waals surface area contributed by atoms with Gasteiger partial charge in [0.25, 0.3) is 0 Å². The van der Waals surface area contributed by atoms with Gasteiger partial charge in [0, 0.05) is 6.08 Å². The molecule has 12 heavy (non-hydrogen) atoms. The predicted molar refractivity (Wildman–Crippen MR) is 46.4 cm³/mol. The first-order valence-corrected chi connectivity index (χ1v) is 3.86. The molecule has 3 nitrogen and oxygen atoms in total. The molecule has 0 saturated heterocycles. The standard InChI is InChI=1S/C9H16O3/c1-7(2)6-8(10)11-12-9(3,4)5/h6H,1-5H3. The molecule has 0 aliphatic heterocycles. The molecule has 0 N–H and O–H groups in total. The van der Waals surface area contributed by atoms with Crippen molar-refractivity contribution >= 4 is 5.97 Å². The van der Waals surface area contributed by atoms with Gasteiger partial charge in [0.15, 0.2) is 0 Å². The van der Waals surface area contributed by atoms with Crippen LogP contribution in [0, 0.1) is 0 Å². The molecule has 0 aliphatic rings. The zero-order valence-corrected chi connectivity index (χ0v) is 8.30. The second-order valence-electron chi connectivity index (χ2n) is 3.82. The lowest BCUT2D eigenvalue weighted by Gasteiger charge is -2.15. The van der Waals surface area contributed by atoms with Crippen LogP contribution in [0.4, 0.5) is 0 Å². The topological polar surface area (TPSA) is 35.5 Å². The molecule has 0 unspecified atom stereocenters. The molecule has 0 aromatic heterocycles. The Morgan fingerprint density at radius 2 is 1.75 bits per heavy atom. The Morgan fingerprint density at radius 3 is 2.08 bits per heavy atom. The fourth-order valence-electron chi connectivity index (χ4n) is 0.426. The maximum atomic E-state index is 10.9. The molecule has 0 spiro atoms. The highest BCUT2D eigenvalue weighted by Gasteiger charge is 2.13. The van der Waals surface area contributed by atoms with Crippen LogP contribution in [0.25, 0.3) is 0 Å². The quantitative estimate of drug-likeness (QED) is 0.364. The molecule has 0 rings (SSSR count). The maximum absolute atomic E-state index is 10.9. The van der Waals surface area contributed by atoms with Crippen molar-refractivity contribution < 1.29 is 14.6 Å². The maximum Gasteiger partial charge on any atom is 0.365 e. The van der Waals surface area contributed by atoms with E-state index in [2.05, 4.69) is 4.89 Å². The molecule has 0 radical (unpaired) electrons. The van der Waals surface area contributed by atoms with E-state index < -0.39 is 11.6 Å². The first-order chi connectivity index (χ1) is 5.31. The Bertz CT molecular complexity index is 182. The highest BCUT2D eigenvalue weighted by atomic mass is 17.2. The Balaban J connectivity index is 3.81. The summed E-state index contributed by atoms with van der Waals surface area (Å²) in [5, 5.41) is 0. The van der Waals surface area contributed by atoms with Crippen molar-refractivity contribution in [3.63, 3.8) is 0 Å². The van der Waals surface area contributed by atoms with Gasteiger partial charge in [-0.2, -0.15) is 4.89 Å². The molecule has 0 fully saturated rings. The lowest BCUT2D eigenvalue weighted by atomic mass is 10.2. The third-order valence-corrected chi connectivity index (χ3v) is 0.780. The van der Waals surface area contributed by atoms with Gasteiger partial charge in [-0.25, -0.2) is 4.79 Å². The van der Waals surface area contributed by atoms with Gasteiger partial charge in [0.2, 0.25) is 0 Å². The third kappa shape index (κ3) is 7.28. The van der Waals surface area contributed by atoms with Crippen LogP contribution >= 0.6 is 0 Å². The smallest absolute Gasteiger partial charge is 0.293 e. The lowest BCUT2D eigenvalue weighted by Crippen LogP contribution is -2.21. The monoisotopic (exact) mass is 172 g/mol. The summed E-state index contributed by atoms with van der Waals surface area (Å²) in [4.78, 5) is 20.2. The first kappa shape index (κ1) is 11.2. The number of rotatable bonds is 2. The van der Waals surface area contributed by atoms with Crippen LogP contribution in [-0.4, -0.2) is 11.6 Å². The highest BCUT2D eigenvalue weighted by Crippen LogP contribution is 2.07. The average molecular weight is 172 g/mol. The van der Waals surface area contributed by atoms with Crippen LogP contribution < -0.4 is 0 Å². The van der Waals surface area contributed by atoms with Crippen LogP contribution in [0.2, 0.25) is 0 Å². The summed E-state index contributed by atoms with van der Waals surface area (Å²) in [6.07, 6.45) is 1.38. The van der Waals surface area contributed by atoms with Crippen molar-refractivity contribution in [2.75, 3.05) is 0 Å². The average Bonchev–Trinajstić information content (AvgIpc) is 1.80. The van der Waals surface area contributed by atoms with Crippen molar-refractivity contribution in [3.05, 3.63) is 11.6 Å². The minimum absolute atomic E-state index is 0.453. The van der Waals surface area contributed by atoms with Crippen molar-refractivity contribution in [1.29, 1.82) is 0 Å². The largest absolute Gasteiger partial charge is 0.365 e. The molecule has 0 aromatic rings. The van der Waals surface area contributed by atoms with Crippen molar-refractivity contribution in [3.8, 4) is 0 Å². The zero-order chi connectivity index (χ0) is 9.78.